The fraction of sp³-hybridized carbons (Fsp3) is 0.371. The maximum Gasteiger partial charge on any atom is 0.307 e. The van der Waals surface area contributed by atoms with Gasteiger partial charge in [0.25, 0.3) is 23.3 Å². The first-order valence-corrected chi connectivity index (χ1v) is 47.9. The molecule has 3 aromatic heterocycles. The van der Waals surface area contributed by atoms with E-state index in [1.54, 1.807) is 47.1 Å². The third kappa shape index (κ3) is 19.0. The molecule has 7 aromatic carbocycles. The lowest BCUT2D eigenvalue weighted by Gasteiger charge is -2.38. The van der Waals surface area contributed by atoms with Crippen LogP contribution in [0.15, 0.2) is 236 Å². The average Bonchev–Trinajstić information content (AvgIpc) is 1.56. The van der Waals surface area contributed by atoms with Crippen LogP contribution in [0.25, 0.3) is 11.4 Å². The summed E-state index contributed by atoms with van der Waals surface area (Å²) in [6.07, 6.45) is 14.0. The van der Waals surface area contributed by atoms with Crippen molar-refractivity contribution >= 4 is 110 Å². The number of benzene rings is 7. The van der Waals surface area contributed by atoms with Gasteiger partial charge in [0.2, 0.25) is 29.3 Å². The molecular formula is C105H118F3N25O6. The number of aromatic nitrogens is 6. The van der Waals surface area contributed by atoms with Gasteiger partial charge in [0, 0.05) is 83.9 Å². The summed E-state index contributed by atoms with van der Waals surface area (Å²) in [6, 6.07) is 59.4. The Kier molecular flexibility index (Phi) is 27.0. The largest absolute Gasteiger partial charge is 0.383 e. The fourth-order valence-corrected chi connectivity index (χ4v) is 20.9. The van der Waals surface area contributed by atoms with E-state index in [9.17, 15) is 41.9 Å². The zero-order valence-corrected chi connectivity index (χ0v) is 79.9. The van der Waals surface area contributed by atoms with Crippen molar-refractivity contribution in [1.82, 2.24) is 63.8 Å². The van der Waals surface area contributed by atoms with Crippen molar-refractivity contribution in [3.63, 3.8) is 0 Å². The Labute approximate surface area is 804 Å². The molecular weight excluding hydrogens is 1760 g/mol. The van der Waals surface area contributed by atoms with Crippen molar-refractivity contribution in [2.24, 2.45) is 43.7 Å². The second-order valence-corrected chi connectivity index (χ2v) is 38.0. The molecule has 31 nitrogen and oxygen atoms in total. The molecule has 139 heavy (non-hydrogen) atoms. The number of rotatable bonds is 26. The number of nitrogens with two attached hydrogens (primary N) is 1. The van der Waals surface area contributed by atoms with E-state index in [1.807, 2.05) is 174 Å². The van der Waals surface area contributed by atoms with Crippen LogP contribution in [-0.4, -0.2) is 209 Å². The smallest absolute Gasteiger partial charge is 0.307 e. The van der Waals surface area contributed by atoms with Crippen molar-refractivity contribution < 1.29 is 37.1 Å². The standard InChI is InChI=1S/C28H32N6O.C27H25F3N6O2.C27H30N6O2.C23H31N7O/c1-18(2)20-14-12-19(13-15-20)16-17-30-26(31-21-8-5-4-6-9-21)24-25(29)34-23-11-7-10-22(23)32-28(34)33(3)27(24)35;1-27(29,30)22(37)17-12-11-15(13-18(17)28)14-35-24-21(23(33-35)31-16-7-4-3-5-8-16)25(38)34(2)26-32-19-9-6-10-20(19)36(24)26;1-17(34)19-13-11-18(12-14-19)15-16-29-25-23(24(28)30-20-7-4-3-5-8-20)26(35)32(2)27-31-21-9-6-10-22(21)33(25)27;1-15(13-27(2)3)14-29-21-19(20(26-29)24-16-9-6-5-7-10-16)22(31)28(4)23-25-17-11-8-12-18(17)30(21)23/h4-6,8-9,12-15,22-23,29-31H,1,7,10-11,16-17H2,2-3H3;3-5,7-8,11-13,19-20H,6,9-10,14H2,1-2H3,(H,31,33);3-5,7-8,11-14,21-22,29H,6,9-10,15-16H2,1-2H3,(H2,28,30);5-7,9-10,15,17-18H,8,11-14H2,1-4H3,(H,24,26)/b26-24-,29-25?;;;/t22-,23+;19-,20+;21-,22+;15?,17-,18?/m1111/s1. The molecule has 4 aliphatic carbocycles. The number of carbonyl (C=O) groups is 5. The summed E-state index contributed by atoms with van der Waals surface area (Å²) in [6.45, 7) is 13.2. The fourth-order valence-electron chi connectivity index (χ4n) is 20.9. The van der Waals surface area contributed by atoms with Gasteiger partial charge in [0.1, 0.15) is 62.3 Å². The number of amides is 3. The number of guanidine groups is 3. The molecule has 21 rings (SSSR count). The molecule has 8 N–H and O–H groups in total. The summed E-state index contributed by atoms with van der Waals surface area (Å²) < 4.78 is 49.0. The normalized spacial score (nSPS) is 20.9. The molecule has 4 saturated carbocycles. The van der Waals surface area contributed by atoms with E-state index in [-0.39, 0.29) is 89.2 Å². The molecule has 0 spiro atoms. The second kappa shape index (κ2) is 39.7. The number of allylic oxidation sites excluding steroid dienone is 1. The van der Waals surface area contributed by atoms with E-state index in [2.05, 4.69) is 98.1 Å². The van der Waals surface area contributed by atoms with Crippen LogP contribution in [0.3, 0.4) is 0 Å². The number of para-hydroxylation sites is 4. The molecule has 0 bridgehead atoms. The zero-order chi connectivity index (χ0) is 97.5. The molecule has 10 aromatic rings. The number of hydrogen-bond donors (Lipinski definition) is 7. The number of carbonyl (C=O) groups excluding carboxylic acids is 5. The van der Waals surface area contributed by atoms with Crippen molar-refractivity contribution in [3.05, 3.63) is 283 Å². The zero-order valence-electron chi connectivity index (χ0n) is 79.9. The Hall–Kier alpha value is -14.8. The van der Waals surface area contributed by atoms with Gasteiger partial charge in [0.15, 0.2) is 17.4 Å². The monoisotopic (exact) mass is 1880 g/mol. The number of nitrogens with one attached hydrogen (secondary N) is 6. The van der Waals surface area contributed by atoms with Gasteiger partial charge in [-0.1, -0.05) is 146 Å². The van der Waals surface area contributed by atoms with E-state index < -0.39 is 23.1 Å². The highest BCUT2D eigenvalue weighted by molar-refractivity contribution is 6.26. The van der Waals surface area contributed by atoms with Crippen molar-refractivity contribution in [3.8, 4) is 0 Å². The summed E-state index contributed by atoms with van der Waals surface area (Å²) in [4.78, 5) is 115. The number of amidine groups is 1. The quantitative estimate of drug-likeness (QED) is 0.0150. The van der Waals surface area contributed by atoms with Gasteiger partial charge in [-0.25, -0.2) is 38.7 Å². The molecule has 34 heteroatoms. The number of nitrogens with zero attached hydrogens (tertiary/aromatic N) is 18. The van der Waals surface area contributed by atoms with Gasteiger partial charge in [-0.15, -0.1) is 0 Å². The summed E-state index contributed by atoms with van der Waals surface area (Å²) in [5.41, 5.74) is 16.6. The number of hydrogen-bond acceptors (Lipinski definition) is 23. The van der Waals surface area contributed by atoms with Crippen LogP contribution in [0.4, 0.5) is 59.2 Å². The van der Waals surface area contributed by atoms with Crippen LogP contribution < -0.4 is 64.0 Å². The maximum absolute atomic E-state index is 14.8. The lowest BCUT2D eigenvalue weighted by molar-refractivity contribution is -0.123. The first-order valence-electron chi connectivity index (χ1n) is 47.9. The molecule has 0 radical (unpaired) electrons. The van der Waals surface area contributed by atoms with Gasteiger partial charge >= 0.3 is 5.92 Å². The lowest BCUT2D eigenvalue weighted by Crippen LogP contribution is -2.59. The number of halogens is 3. The number of aliphatic imine (C=N–C) groups is 4. The third-order valence-electron chi connectivity index (χ3n) is 27.7. The molecule has 720 valence electrons. The summed E-state index contributed by atoms with van der Waals surface area (Å²) in [5, 5.41) is 36.0. The third-order valence-corrected chi connectivity index (χ3v) is 27.7. The Balaban J connectivity index is 0.000000123. The van der Waals surface area contributed by atoms with E-state index >= 15 is 0 Å². The van der Waals surface area contributed by atoms with Crippen LogP contribution in [-0.2, 0) is 37.8 Å². The molecule has 4 fully saturated rings. The summed E-state index contributed by atoms with van der Waals surface area (Å²) in [5.74, 6) is -0.533. The Morgan fingerprint density at radius 3 is 1.55 bits per heavy atom. The van der Waals surface area contributed by atoms with E-state index in [4.69, 9.17) is 41.3 Å². The number of fused-ring (bicyclic) bond motifs is 16. The molecule has 7 aliphatic heterocycles. The second-order valence-electron chi connectivity index (χ2n) is 38.0. The Morgan fingerprint density at radius 1 is 0.576 bits per heavy atom. The Morgan fingerprint density at radius 2 is 1.04 bits per heavy atom. The average molecular weight is 1880 g/mol. The van der Waals surface area contributed by atoms with Gasteiger partial charge < -0.3 is 37.2 Å². The highest BCUT2D eigenvalue weighted by Crippen LogP contribution is 2.47. The highest BCUT2D eigenvalue weighted by Gasteiger charge is 2.53. The highest BCUT2D eigenvalue weighted by atomic mass is 19.3. The number of alkyl halides is 2. The van der Waals surface area contributed by atoms with E-state index in [0.29, 0.717) is 117 Å². The maximum atomic E-state index is 14.8. The van der Waals surface area contributed by atoms with Crippen LogP contribution >= 0.6 is 0 Å². The van der Waals surface area contributed by atoms with Gasteiger partial charge in [-0.2, -0.15) is 19.0 Å². The first kappa shape index (κ1) is 94.5. The van der Waals surface area contributed by atoms with Crippen LogP contribution in [0, 0.1) is 17.1 Å². The first-order chi connectivity index (χ1) is 66.9. The van der Waals surface area contributed by atoms with E-state index in [0.717, 1.165) is 154 Å². The molecule has 2 unspecified atom stereocenters. The lowest BCUT2D eigenvalue weighted by atomic mass is 10.0. The minimum Gasteiger partial charge on any atom is -0.383 e. The van der Waals surface area contributed by atoms with Gasteiger partial charge in [-0.05, 0) is 207 Å². The molecule has 11 aliphatic rings. The number of anilines is 7. The number of Topliss-reactive ketones (excluding diaryl/α,β-unsaturated/α-hetero) is 2. The van der Waals surface area contributed by atoms with Crippen molar-refractivity contribution in [2.75, 3.05) is 80.6 Å². The van der Waals surface area contributed by atoms with E-state index in [1.165, 1.54) is 23.0 Å². The van der Waals surface area contributed by atoms with Crippen LogP contribution in [0.2, 0.25) is 0 Å². The minimum atomic E-state index is -3.68. The SMILES string of the molecule is C=C(C)c1ccc(CCN/C(Nc2ccccc2)=c2/c(=O)n(C)c3n(c2=N)[C@H]2CCC[C@H]2N=3)cc1.CC(=O)c1ccc(CCNC2=C(C(N)=Nc3ccccc3)C(=O)N(C)C3=N[C@@H]4CCC[C@@H]4N32)cc1.CC(CN(C)C)Cn1nc(Nc2ccccc2)c2c1N1C(=N[C@@H]3CCCC31)N(C)C2=O.CN1C(=O)c2c(Nc3ccccc3)nn(Cc3ccc(C(=O)C(C)(F)F)c(F)c3)c2N2C1=N[C@@H]1CCC[C@@H]12. The number of likely N-dealkylation sites (N-methyl/N-ethyl adjacent to an activating group) is 1. The topological polar surface area (TPSA) is 342 Å². The van der Waals surface area contributed by atoms with Crippen molar-refractivity contribution in [2.45, 2.75) is 185 Å². The minimum absolute atomic E-state index is 0.0464. The Bertz CT molecular complexity index is 6850. The predicted octanol–water partition coefficient (Wildman–Crippen LogP) is 13.3. The van der Waals surface area contributed by atoms with Crippen LogP contribution in [0.1, 0.15) is 174 Å². The summed E-state index contributed by atoms with van der Waals surface area (Å²) >= 11 is 0. The molecule has 10 heterocycles. The number of ketones is 2. The molecule has 3 amide bonds. The molecule has 9 atom stereocenters. The van der Waals surface area contributed by atoms with Gasteiger partial charge in [0.05, 0.1) is 66.1 Å². The van der Waals surface area contributed by atoms with Crippen molar-refractivity contribution in [1.29, 1.82) is 5.41 Å². The van der Waals surface area contributed by atoms with Gasteiger partial charge in [-0.3, -0.25) is 72.7 Å². The summed E-state index contributed by atoms with van der Waals surface area (Å²) in [7, 11) is 11.2. The molecule has 0 saturated heterocycles. The predicted molar refractivity (Wildman–Crippen MR) is 535 cm³/mol. The van der Waals surface area contributed by atoms with Crippen LogP contribution in [0.5, 0.6) is 0 Å².